The number of anilines is 1. The molecule has 0 spiro atoms. The summed E-state index contributed by atoms with van der Waals surface area (Å²) in [6, 6.07) is 4.84. The fourth-order valence-corrected chi connectivity index (χ4v) is 1.28. The molecule has 0 radical (unpaired) electrons. The number of azide groups is 1. The van der Waals surface area contributed by atoms with Crippen molar-refractivity contribution >= 4 is 17.3 Å². The number of methoxy groups -OCH3 is 1. The van der Waals surface area contributed by atoms with Gasteiger partial charge in [-0.3, -0.25) is 4.79 Å². The Balaban J connectivity index is 2.89. The molecule has 7 nitrogen and oxygen atoms in total. The summed E-state index contributed by atoms with van der Waals surface area (Å²) in [6.07, 6.45) is 0. The minimum absolute atomic E-state index is 0.199. The van der Waals surface area contributed by atoms with Crippen LogP contribution in [0.1, 0.15) is 6.92 Å². The number of carbonyl (C=O) groups is 1. The number of nitrogens with zero attached hydrogens (tertiary/aromatic N) is 3. The van der Waals surface area contributed by atoms with E-state index < -0.39 is 0 Å². The molecule has 0 saturated carbocycles. The first-order valence-electron chi connectivity index (χ1n) is 5.26. The molecule has 1 aromatic carbocycles. The number of nitrogens with one attached hydrogen (secondary N) is 1. The van der Waals surface area contributed by atoms with E-state index in [4.69, 9.17) is 15.0 Å². The summed E-state index contributed by atoms with van der Waals surface area (Å²) in [7, 11) is 1.57. The Bertz CT molecular complexity index is 469. The molecule has 0 bridgehead atoms. The largest absolute Gasteiger partial charge is 0.491 e. The van der Waals surface area contributed by atoms with Crippen molar-refractivity contribution in [2.75, 3.05) is 25.6 Å². The van der Waals surface area contributed by atoms with Crippen molar-refractivity contribution in [3.8, 4) is 5.75 Å². The van der Waals surface area contributed by atoms with E-state index in [2.05, 4.69) is 15.3 Å². The van der Waals surface area contributed by atoms with Crippen LogP contribution in [0.25, 0.3) is 10.4 Å². The van der Waals surface area contributed by atoms with Crippen LogP contribution < -0.4 is 10.1 Å². The molecule has 0 aliphatic heterocycles. The number of rotatable bonds is 6. The lowest BCUT2D eigenvalue weighted by atomic mass is 10.2. The summed E-state index contributed by atoms with van der Waals surface area (Å²) in [5.74, 6) is 0.244. The van der Waals surface area contributed by atoms with E-state index in [0.29, 0.717) is 30.3 Å². The third-order valence-corrected chi connectivity index (χ3v) is 1.98. The van der Waals surface area contributed by atoms with Crippen LogP contribution in [0.4, 0.5) is 11.4 Å². The lowest BCUT2D eigenvalue weighted by molar-refractivity contribution is -0.114. The van der Waals surface area contributed by atoms with Crippen molar-refractivity contribution in [1.29, 1.82) is 0 Å². The molecule has 0 aliphatic rings. The van der Waals surface area contributed by atoms with Crippen LogP contribution in [0.3, 0.4) is 0 Å². The third-order valence-electron chi connectivity index (χ3n) is 1.98. The molecule has 0 heterocycles. The van der Waals surface area contributed by atoms with Crippen molar-refractivity contribution in [1.82, 2.24) is 0 Å². The van der Waals surface area contributed by atoms with Gasteiger partial charge < -0.3 is 14.8 Å². The van der Waals surface area contributed by atoms with Gasteiger partial charge in [0.15, 0.2) is 0 Å². The van der Waals surface area contributed by atoms with Gasteiger partial charge in [-0.25, -0.2) is 0 Å². The molecular formula is C11H14N4O3. The van der Waals surface area contributed by atoms with Crippen molar-refractivity contribution in [2.45, 2.75) is 6.92 Å². The minimum atomic E-state index is -0.199. The maximum Gasteiger partial charge on any atom is 0.221 e. The Morgan fingerprint density at radius 1 is 1.50 bits per heavy atom. The van der Waals surface area contributed by atoms with Crippen molar-refractivity contribution in [3.05, 3.63) is 28.6 Å². The topological polar surface area (TPSA) is 96.3 Å². The third kappa shape index (κ3) is 4.32. The van der Waals surface area contributed by atoms with Gasteiger partial charge in [0, 0.05) is 24.6 Å². The Kier molecular flexibility index (Phi) is 5.50. The summed E-state index contributed by atoms with van der Waals surface area (Å²) in [5, 5.41) is 6.11. The Labute approximate surface area is 104 Å². The monoisotopic (exact) mass is 250 g/mol. The smallest absolute Gasteiger partial charge is 0.221 e. The van der Waals surface area contributed by atoms with Gasteiger partial charge in [0.25, 0.3) is 0 Å². The second kappa shape index (κ2) is 7.16. The van der Waals surface area contributed by atoms with E-state index in [1.807, 2.05) is 0 Å². The zero-order chi connectivity index (χ0) is 13.4. The van der Waals surface area contributed by atoms with Crippen LogP contribution in [-0.4, -0.2) is 26.2 Å². The van der Waals surface area contributed by atoms with Gasteiger partial charge in [0.1, 0.15) is 12.4 Å². The molecule has 0 aliphatic carbocycles. The van der Waals surface area contributed by atoms with Crippen LogP contribution in [0.2, 0.25) is 0 Å². The van der Waals surface area contributed by atoms with Gasteiger partial charge in [0.05, 0.1) is 12.3 Å². The standard InChI is InChI=1S/C11H14N4O3/c1-8(16)13-9-3-4-11(18-6-5-17-2)10(7-9)14-15-12/h3-4,7H,5-6H2,1-2H3,(H,13,16). The molecule has 0 unspecified atom stereocenters. The molecule has 1 amide bonds. The van der Waals surface area contributed by atoms with Crippen molar-refractivity contribution < 1.29 is 14.3 Å². The normalized spacial score (nSPS) is 9.44. The molecule has 0 atom stereocenters. The average Bonchev–Trinajstić information content (AvgIpc) is 2.32. The van der Waals surface area contributed by atoms with Crippen LogP contribution in [0, 0.1) is 0 Å². The van der Waals surface area contributed by atoms with E-state index >= 15 is 0 Å². The quantitative estimate of drug-likeness (QED) is 0.363. The van der Waals surface area contributed by atoms with Gasteiger partial charge in [-0.05, 0) is 23.7 Å². The van der Waals surface area contributed by atoms with E-state index in [9.17, 15) is 4.79 Å². The van der Waals surface area contributed by atoms with Gasteiger partial charge >= 0.3 is 0 Å². The number of hydrogen-bond acceptors (Lipinski definition) is 4. The number of benzene rings is 1. The molecule has 1 N–H and O–H groups in total. The highest BCUT2D eigenvalue weighted by Crippen LogP contribution is 2.30. The molecule has 0 fully saturated rings. The number of hydrogen-bond donors (Lipinski definition) is 1. The highest BCUT2D eigenvalue weighted by Gasteiger charge is 2.04. The predicted octanol–water partition coefficient (Wildman–Crippen LogP) is 2.61. The zero-order valence-corrected chi connectivity index (χ0v) is 10.2. The van der Waals surface area contributed by atoms with Crippen molar-refractivity contribution in [2.24, 2.45) is 5.11 Å². The predicted molar refractivity (Wildman–Crippen MR) is 66.9 cm³/mol. The van der Waals surface area contributed by atoms with E-state index in [1.165, 1.54) is 6.92 Å². The lowest BCUT2D eigenvalue weighted by Gasteiger charge is -2.10. The maximum absolute atomic E-state index is 10.9. The first kappa shape index (κ1) is 13.8. The van der Waals surface area contributed by atoms with Crippen LogP contribution in [0.5, 0.6) is 5.75 Å². The summed E-state index contributed by atoms with van der Waals surface area (Å²) in [6.45, 7) is 2.18. The summed E-state index contributed by atoms with van der Waals surface area (Å²) in [4.78, 5) is 13.6. The first-order chi connectivity index (χ1) is 8.67. The molecule has 1 rings (SSSR count). The first-order valence-corrected chi connectivity index (χ1v) is 5.26. The summed E-state index contributed by atoms with van der Waals surface area (Å²) in [5.41, 5.74) is 9.34. The molecule has 0 aromatic heterocycles. The van der Waals surface area contributed by atoms with Gasteiger partial charge in [-0.1, -0.05) is 5.11 Å². The Morgan fingerprint density at radius 3 is 2.89 bits per heavy atom. The van der Waals surface area contributed by atoms with Crippen LogP contribution >= 0.6 is 0 Å². The zero-order valence-electron chi connectivity index (χ0n) is 10.2. The Morgan fingerprint density at radius 2 is 2.28 bits per heavy atom. The van der Waals surface area contributed by atoms with E-state index in [1.54, 1.807) is 25.3 Å². The second-order valence-corrected chi connectivity index (χ2v) is 3.39. The highest BCUT2D eigenvalue weighted by atomic mass is 16.5. The fraction of sp³-hybridized carbons (Fsp3) is 0.364. The number of carbonyl (C=O) groups excluding carboxylic acids is 1. The van der Waals surface area contributed by atoms with E-state index in [-0.39, 0.29) is 5.91 Å². The summed E-state index contributed by atoms with van der Waals surface area (Å²) < 4.78 is 10.2. The van der Waals surface area contributed by atoms with Crippen LogP contribution in [0.15, 0.2) is 23.3 Å². The van der Waals surface area contributed by atoms with Gasteiger partial charge in [-0.2, -0.15) is 0 Å². The fourth-order valence-electron chi connectivity index (χ4n) is 1.28. The molecule has 0 saturated heterocycles. The molecule has 96 valence electrons. The molecular weight excluding hydrogens is 236 g/mol. The average molecular weight is 250 g/mol. The van der Waals surface area contributed by atoms with Gasteiger partial charge in [-0.15, -0.1) is 0 Å². The highest BCUT2D eigenvalue weighted by molar-refractivity contribution is 5.89. The molecule has 7 heteroatoms. The SMILES string of the molecule is COCCOc1ccc(NC(C)=O)cc1N=[N+]=[N-]. The molecule has 1 aromatic rings. The maximum atomic E-state index is 10.9. The minimum Gasteiger partial charge on any atom is -0.491 e. The van der Waals surface area contributed by atoms with E-state index in [0.717, 1.165) is 0 Å². The Hall–Kier alpha value is -2.24. The lowest BCUT2D eigenvalue weighted by Crippen LogP contribution is -2.06. The number of ether oxygens (including phenoxy) is 2. The summed E-state index contributed by atoms with van der Waals surface area (Å²) >= 11 is 0. The van der Waals surface area contributed by atoms with Crippen LogP contribution in [-0.2, 0) is 9.53 Å². The second-order valence-electron chi connectivity index (χ2n) is 3.39. The van der Waals surface area contributed by atoms with Crippen molar-refractivity contribution in [3.63, 3.8) is 0 Å². The van der Waals surface area contributed by atoms with Gasteiger partial charge in [0.2, 0.25) is 5.91 Å². The molecule has 18 heavy (non-hydrogen) atoms. The number of amides is 1.